The first-order valence-electron chi connectivity index (χ1n) is 7.74. The van der Waals surface area contributed by atoms with Crippen molar-refractivity contribution in [2.45, 2.75) is 13.8 Å². The van der Waals surface area contributed by atoms with E-state index < -0.39 is 0 Å². The van der Waals surface area contributed by atoms with E-state index >= 15 is 0 Å². The van der Waals surface area contributed by atoms with Gasteiger partial charge < -0.3 is 15.2 Å². The summed E-state index contributed by atoms with van der Waals surface area (Å²) < 4.78 is 5.31. The number of nitrogens with zero attached hydrogens (tertiary/aromatic N) is 2. The molecule has 1 aliphatic heterocycles. The molecule has 1 saturated heterocycles. The zero-order chi connectivity index (χ0) is 16.7. The van der Waals surface area contributed by atoms with Crippen LogP contribution in [0.5, 0.6) is 5.75 Å². The van der Waals surface area contributed by atoms with Crippen molar-refractivity contribution in [3.05, 3.63) is 29.3 Å². The molecule has 0 unspecified atom stereocenters. The lowest BCUT2D eigenvalue weighted by Crippen LogP contribution is -2.42. The maximum atomic E-state index is 9.88. The lowest BCUT2D eigenvalue weighted by Gasteiger charge is -2.26. The van der Waals surface area contributed by atoms with Crippen molar-refractivity contribution in [1.82, 2.24) is 15.6 Å². The van der Waals surface area contributed by atoms with Crippen LogP contribution in [-0.4, -0.2) is 60.2 Å². The monoisotopic (exact) mass is 336 g/mol. The number of nitrogens with one attached hydrogen (secondary N) is 2. The zero-order valence-electron chi connectivity index (χ0n) is 13.6. The Labute approximate surface area is 142 Å². The van der Waals surface area contributed by atoms with Crippen LogP contribution in [-0.2, 0) is 4.74 Å². The third kappa shape index (κ3) is 5.78. The number of ether oxygens (including phenoxy) is 1. The highest BCUT2D eigenvalue weighted by Crippen LogP contribution is 2.18. The smallest absolute Gasteiger partial charge is 0.187 e. The van der Waals surface area contributed by atoms with Crippen molar-refractivity contribution in [1.29, 1.82) is 0 Å². The summed E-state index contributed by atoms with van der Waals surface area (Å²) >= 11 is 5.21. The van der Waals surface area contributed by atoms with E-state index in [-0.39, 0.29) is 5.75 Å². The van der Waals surface area contributed by atoms with E-state index in [0.717, 1.165) is 45.0 Å². The summed E-state index contributed by atoms with van der Waals surface area (Å²) in [6, 6.07) is 5.42. The van der Waals surface area contributed by atoms with Gasteiger partial charge in [-0.25, -0.2) is 0 Å². The molecule has 0 spiro atoms. The molecule has 23 heavy (non-hydrogen) atoms. The van der Waals surface area contributed by atoms with E-state index in [1.165, 1.54) is 0 Å². The molecular formula is C16H24N4O2S. The number of hydrogen-bond donors (Lipinski definition) is 3. The van der Waals surface area contributed by atoms with Crippen molar-refractivity contribution in [3.63, 3.8) is 0 Å². The zero-order valence-corrected chi connectivity index (χ0v) is 14.4. The molecule has 6 nitrogen and oxygen atoms in total. The number of benzene rings is 1. The van der Waals surface area contributed by atoms with Crippen molar-refractivity contribution >= 4 is 23.0 Å². The van der Waals surface area contributed by atoms with Gasteiger partial charge in [-0.2, -0.15) is 5.10 Å². The number of rotatable bonds is 5. The number of hydrazone groups is 1. The fraction of sp³-hybridized carbons (Fsp3) is 0.500. The van der Waals surface area contributed by atoms with Gasteiger partial charge in [0.15, 0.2) is 5.11 Å². The number of morpholine rings is 1. The summed E-state index contributed by atoms with van der Waals surface area (Å²) in [7, 11) is 0. The van der Waals surface area contributed by atoms with Gasteiger partial charge in [0.2, 0.25) is 0 Å². The van der Waals surface area contributed by atoms with E-state index in [9.17, 15) is 5.11 Å². The largest absolute Gasteiger partial charge is 0.507 e. The molecule has 1 heterocycles. The standard InChI is InChI=1S/C16H24N4O2S/c1-12-3-4-15(21)14(11-12)13(2)18-19-16(23)17-5-6-20-7-9-22-10-8-20/h3-4,11,21H,5-10H2,1-2H3,(H2,17,19,23). The van der Waals surface area contributed by atoms with Gasteiger partial charge in [-0.3, -0.25) is 10.3 Å². The first kappa shape index (κ1) is 17.7. The Kier molecular flexibility index (Phi) is 6.76. The Morgan fingerprint density at radius 1 is 1.39 bits per heavy atom. The topological polar surface area (TPSA) is 69.1 Å². The van der Waals surface area contributed by atoms with Crippen LogP contribution in [0.4, 0.5) is 0 Å². The van der Waals surface area contributed by atoms with Gasteiger partial charge in [0, 0.05) is 31.7 Å². The van der Waals surface area contributed by atoms with Crippen LogP contribution in [0.3, 0.4) is 0 Å². The molecule has 0 aromatic heterocycles. The number of phenols is 1. The number of hydrogen-bond acceptors (Lipinski definition) is 5. The predicted molar refractivity (Wildman–Crippen MR) is 96.1 cm³/mol. The van der Waals surface area contributed by atoms with Gasteiger partial charge in [0.1, 0.15) is 5.75 Å². The van der Waals surface area contributed by atoms with Gasteiger partial charge in [0.05, 0.1) is 18.9 Å². The second kappa shape index (κ2) is 8.81. The summed E-state index contributed by atoms with van der Waals surface area (Å²) in [5, 5.41) is 17.7. The third-order valence-electron chi connectivity index (χ3n) is 3.68. The number of phenolic OH excluding ortho intramolecular Hbond substituents is 1. The Hall–Kier alpha value is -1.70. The van der Waals surface area contributed by atoms with E-state index in [4.69, 9.17) is 17.0 Å². The molecule has 0 radical (unpaired) electrons. The predicted octanol–water partition coefficient (Wildman–Crippen LogP) is 1.22. The maximum Gasteiger partial charge on any atom is 0.187 e. The van der Waals surface area contributed by atoms with Crippen LogP contribution in [0.2, 0.25) is 0 Å². The SMILES string of the molecule is CC(=NNC(=S)NCCN1CCOCC1)c1cc(C)ccc1O. The summed E-state index contributed by atoms with van der Waals surface area (Å²) in [6.45, 7) is 9.01. The van der Waals surface area contributed by atoms with Crippen molar-refractivity contribution in [2.75, 3.05) is 39.4 Å². The minimum absolute atomic E-state index is 0.213. The van der Waals surface area contributed by atoms with E-state index in [2.05, 4.69) is 20.7 Å². The van der Waals surface area contributed by atoms with E-state index in [1.807, 2.05) is 26.0 Å². The van der Waals surface area contributed by atoms with Crippen LogP contribution in [0, 0.1) is 6.92 Å². The average molecular weight is 336 g/mol. The summed E-state index contributed by atoms with van der Waals surface area (Å²) in [5.41, 5.74) is 5.27. The fourth-order valence-corrected chi connectivity index (χ4v) is 2.47. The van der Waals surface area contributed by atoms with Crippen LogP contribution in [0.25, 0.3) is 0 Å². The third-order valence-corrected chi connectivity index (χ3v) is 3.92. The first-order chi connectivity index (χ1) is 11.1. The lowest BCUT2D eigenvalue weighted by atomic mass is 10.1. The Bertz CT molecular complexity index is 571. The van der Waals surface area contributed by atoms with Gasteiger partial charge in [-0.05, 0) is 38.2 Å². The second-order valence-electron chi connectivity index (χ2n) is 5.54. The Morgan fingerprint density at radius 3 is 2.87 bits per heavy atom. The highest BCUT2D eigenvalue weighted by atomic mass is 32.1. The minimum atomic E-state index is 0.213. The molecule has 0 atom stereocenters. The number of aryl methyl sites for hydroxylation is 1. The quantitative estimate of drug-likeness (QED) is 0.427. The molecule has 126 valence electrons. The van der Waals surface area contributed by atoms with Crippen LogP contribution < -0.4 is 10.7 Å². The van der Waals surface area contributed by atoms with Crippen LogP contribution >= 0.6 is 12.2 Å². The molecule has 1 aliphatic rings. The highest BCUT2D eigenvalue weighted by molar-refractivity contribution is 7.80. The highest BCUT2D eigenvalue weighted by Gasteiger charge is 2.09. The average Bonchev–Trinajstić information content (AvgIpc) is 2.56. The molecule has 0 aliphatic carbocycles. The van der Waals surface area contributed by atoms with Crippen molar-refractivity contribution in [3.8, 4) is 5.75 Å². The molecular weight excluding hydrogens is 312 g/mol. The summed E-state index contributed by atoms with van der Waals surface area (Å²) in [5.74, 6) is 0.213. The Balaban J connectivity index is 1.77. The van der Waals surface area contributed by atoms with E-state index in [0.29, 0.717) is 16.4 Å². The summed E-state index contributed by atoms with van der Waals surface area (Å²) in [4.78, 5) is 2.33. The summed E-state index contributed by atoms with van der Waals surface area (Å²) in [6.07, 6.45) is 0. The fourth-order valence-electron chi connectivity index (χ4n) is 2.33. The molecule has 0 saturated carbocycles. The molecule has 0 amide bonds. The van der Waals surface area contributed by atoms with E-state index in [1.54, 1.807) is 6.07 Å². The Morgan fingerprint density at radius 2 is 2.13 bits per heavy atom. The lowest BCUT2D eigenvalue weighted by molar-refractivity contribution is 0.0389. The van der Waals surface area contributed by atoms with Gasteiger partial charge >= 0.3 is 0 Å². The molecule has 7 heteroatoms. The first-order valence-corrected chi connectivity index (χ1v) is 8.15. The van der Waals surface area contributed by atoms with Gasteiger partial charge in [-0.1, -0.05) is 11.6 Å². The molecule has 0 bridgehead atoms. The van der Waals surface area contributed by atoms with Gasteiger partial charge in [-0.15, -0.1) is 0 Å². The minimum Gasteiger partial charge on any atom is -0.507 e. The molecule has 3 N–H and O–H groups in total. The van der Waals surface area contributed by atoms with Crippen molar-refractivity contribution < 1.29 is 9.84 Å². The normalized spacial score (nSPS) is 16.2. The molecule has 1 aromatic carbocycles. The second-order valence-corrected chi connectivity index (χ2v) is 5.95. The molecule has 1 aromatic rings. The van der Waals surface area contributed by atoms with Gasteiger partial charge in [0.25, 0.3) is 0 Å². The van der Waals surface area contributed by atoms with Crippen LogP contribution in [0.15, 0.2) is 23.3 Å². The van der Waals surface area contributed by atoms with Crippen LogP contribution in [0.1, 0.15) is 18.1 Å². The molecule has 2 rings (SSSR count). The number of aromatic hydroxyl groups is 1. The maximum absolute atomic E-state index is 9.88. The van der Waals surface area contributed by atoms with Crippen molar-refractivity contribution in [2.24, 2.45) is 5.10 Å². The molecule has 1 fully saturated rings. The number of thiocarbonyl (C=S) groups is 1.